The highest BCUT2D eigenvalue weighted by molar-refractivity contribution is 4.74. The zero-order valence-corrected chi connectivity index (χ0v) is 8.39. The minimum atomic E-state index is -0.657. The average Bonchev–Trinajstić information content (AvgIpc) is 2.67. The van der Waals surface area contributed by atoms with Crippen LogP contribution >= 0.6 is 0 Å². The SMILES string of the molecule is COCC(O)C(CCO)C1OCCO1. The number of aliphatic hydroxyl groups excluding tert-OH is 2. The fraction of sp³-hybridized carbons (Fsp3) is 1.00. The van der Waals surface area contributed by atoms with Crippen LogP contribution in [-0.4, -0.2) is 56.1 Å². The summed E-state index contributed by atoms with van der Waals surface area (Å²) >= 11 is 0. The van der Waals surface area contributed by atoms with E-state index in [9.17, 15) is 5.11 Å². The number of hydrogen-bond donors (Lipinski definition) is 2. The van der Waals surface area contributed by atoms with Gasteiger partial charge in [0.1, 0.15) is 0 Å². The van der Waals surface area contributed by atoms with Crippen LogP contribution < -0.4 is 0 Å². The van der Waals surface area contributed by atoms with Gasteiger partial charge in [-0.2, -0.15) is 0 Å². The lowest BCUT2D eigenvalue weighted by Crippen LogP contribution is -2.36. The van der Waals surface area contributed by atoms with E-state index < -0.39 is 12.4 Å². The summed E-state index contributed by atoms with van der Waals surface area (Å²) in [5.74, 6) is -0.220. The molecule has 0 aromatic heterocycles. The molecule has 1 saturated heterocycles. The van der Waals surface area contributed by atoms with Gasteiger partial charge in [0.2, 0.25) is 0 Å². The number of rotatable bonds is 6. The van der Waals surface area contributed by atoms with Crippen LogP contribution in [0, 0.1) is 5.92 Å². The van der Waals surface area contributed by atoms with E-state index in [-0.39, 0.29) is 19.1 Å². The molecule has 2 N–H and O–H groups in total. The van der Waals surface area contributed by atoms with Gasteiger partial charge in [-0.3, -0.25) is 0 Å². The molecule has 0 amide bonds. The Morgan fingerprint density at radius 2 is 2.07 bits per heavy atom. The molecule has 84 valence electrons. The molecule has 2 atom stereocenters. The molecule has 14 heavy (non-hydrogen) atoms. The summed E-state index contributed by atoms with van der Waals surface area (Å²) in [5, 5.41) is 18.6. The van der Waals surface area contributed by atoms with Gasteiger partial charge in [-0.25, -0.2) is 0 Å². The second kappa shape index (κ2) is 6.31. The molecule has 1 aliphatic heterocycles. The lowest BCUT2D eigenvalue weighted by molar-refractivity contribution is -0.131. The van der Waals surface area contributed by atoms with E-state index in [1.807, 2.05) is 0 Å². The maximum absolute atomic E-state index is 9.70. The first-order valence-electron chi connectivity index (χ1n) is 4.80. The zero-order chi connectivity index (χ0) is 10.4. The zero-order valence-electron chi connectivity index (χ0n) is 8.39. The summed E-state index contributed by atoms with van der Waals surface area (Å²) < 4.78 is 15.4. The van der Waals surface area contributed by atoms with Crippen molar-refractivity contribution in [1.29, 1.82) is 0 Å². The fourth-order valence-electron chi connectivity index (χ4n) is 1.58. The van der Waals surface area contributed by atoms with Gasteiger partial charge in [0, 0.05) is 19.6 Å². The van der Waals surface area contributed by atoms with Crippen LogP contribution in [0.3, 0.4) is 0 Å². The van der Waals surface area contributed by atoms with Crippen molar-refractivity contribution in [1.82, 2.24) is 0 Å². The fourth-order valence-corrected chi connectivity index (χ4v) is 1.58. The van der Waals surface area contributed by atoms with Crippen molar-refractivity contribution in [3.05, 3.63) is 0 Å². The second-order valence-electron chi connectivity index (χ2n) is 3.31. The first kappa shape index (κ1) is 11.9. The smallest absolute Gasteiger partial charge is 0.163 e. The van der Waals surface area contributed by atoms with Crippen molar-refractivity contribution >= 4 is 0 Å². The molecular formula is C9H18O5. The summed E-state index contributed by atoms with van der Waals surface area (Å²) in [5.41, 5.74) is 0. The number of ether oxygens (including phenoxy) is 3. The Bertz CT molecular complexity index is 146. The predicted molar refractivity (Wildman–Crippen MR) is 48.8 cm³/mol. The number of hydrogen-bond acceptors (Lipinski definition) is 5. The summed E-state index contributed by atoms with van der Waals surface area (Å²) in [7, 11) is 1.52. The molecule has 1 heterocycles. The van der Waals surface area contributed by atoms with Crippen LogP contribution in [0.15, 0.2) is 0 Å². The van der Waals surface area contributed by atoms with E-state index in [4.69, 9.17) is 19.3 Å². The summed E-state index contributed by atoms with van der Waals surface area (Å²) in [6.45, 7) is 1.33. The highest BCUT2D eigenvalue weighted by Gasteiger charge is 2.32. The number of aliphatic hydroxyl groups is 2. The van der Waals surface area contributed by atoms with Gasteiger partial charge in [-0.1, -0.05) is 0 Å². The monoisotopic (exact) mass is 206 g/mol. The van der Waals surface area contributed by atoms with Crippen LogP contribution in [0.4, 0.5) is 0 Å². The van der Waals surface area contributed by atoms with Crippen molar-refractivity contribution in [2.24, 2.45) is 5.92 Å². The number of methoxy groups -OCH3 is 1. The van der Waals surface area contributed by atoms with Gasteiger partial charge in [0.25, 0.3) is 0 Å². The maximum Gasteiger partial charge on any atom is 0.163 e. The summed E-state index contributed by atoms with van der Waals surface area (Å²) in [6.07, 6.45) is -0.614. The second-order valence-corrected chi connectivity index (χ2v) is 3.31. The Hall–Kier alpha value is -0.200. The third-order valence-electron chi connectivity index (χ3n) is 2.29. The average molecular weight is 206 g/mol. The molecule has 5 nitrogen and oxygen atoms in total. The van der Waals surface area contributed by atoms with Gasteiger partial charge in [0.15, 0.2) is 6.29 Å². The molecule has 0 aromatic carbocycles. The molecule has 5 heteroatoms. The first-order chi connectivity index (χ1) is 6.79. The normalized spacial score (nSPS) is 22.5. The molecule has 0 spiro atoms. The quantitative estimate of drug-likeness (QED) is 0.605. The molecule has 0 bridgehead atoms. The van der Waals surface area contributed by atoms with E-state index in [1.54, 1.807) is 0 Å². The first-order valence-corrected chi connectivity index (χ1v) is 4.80. The highest BCUT2D eigenvalue weighted by atomic mass is 16.7. The molecule has 1 fully saturated rings. The van der Waals surface area contributed by atoms with Gasteiger partial charge in [-0.15, -0.1) is 0 Å². The minimum absolute atomic E-state index is 0.00859. The lowest BCUT2D eigenvalue weighted by Gasteiger charge is -2.25. The Kier molecular flexibility index (Phi) is 5.36. The van der Waals surface area contributed by atoms with Crippen molar-refractivity contribution in [3.8, 4) is 0 Å². The Morgan fingerprint density at radius 3 is 2.57 bits per heavy atom. The van der Waals surface area contributed by atoms with Crippen LogP contribution in [-0.2, 0) is 14.2 Å². The predicted octanol–water partition coefficient (Wildman–Crippen LogP) is -0.635. The topological polar surface area (TPSA) is 68.2 Å². The Morgan fingerprint density at radius 1 is 1.43 bits per heavy atom. The molecule has 1 rings (SSSR count). The third kappa shape index (κ3) is 3.18. The van der Waals surface area contributed by atoms with Crippen molar-refractivity contribution in [2.45, 2.75) is 18.8 Å². The largest absolute Gasteiger partial charge is 0.396 e. The van der Waals surface area contributed by atoms with E-state index in [1.165, 1.54) is 7.11 Å². The van der Waals surface area contributed by atoms with Gasteiger partial charge in [-0.05, 0) is 6.42 Å². The van der Waals surface area contributed by atoms with Gasteiger partial charge in [0.05, 0.1) is 25.9 Å². The van der Waals surface area contributed by atoms with E-state index in [2.05, 4.69) is 0 Å². The Labute approximate surface area is 83.6 Å². The van der Waals surface area contributed by atoms with Gasteiger partial charge >= 0.3 is 0 Å². The van der Waals surface area contributed by atoms with Crippen LogP contribution in [0.1, 0.15) is 6.42 Å². The Balaban J connectivity index is 2.43. The highest BCUT2D eigenvalue weighted by Crippen LogP contribution is 2.21. The maximum atomic E-state index is 9.70. The van der Waals surface area contributed by atoms with E-state index >= 15 is 0 Å². The molecule has 0 saturated carbocycles. The van der Waals surface area contributed by atoms with Crippen molar-refractivity contribution in [2.75, 3.05) is 33.5 Å². The molecular weight excluding hydrogens is 188 g/mol. The molecule has 2 unspecified atom stereocenters. The summed E-state index contributed by atoms with van der Waals surface area (Å²) in [6, 6.07) is 0. The molecule has 1 aliphatic rings. The lowest BCUT2D eigenvalue weighted by atomic mass is 9.99. The van der Waals surface area contributed by atoms with Crippen molar-refractivity contribution < 1.29 is 24.4 Å². The standard InChI is InChI=1S/C9H18O5/c1-12-6-8(11)7(2-3-10)9-13-4-5-14-9/h7-11H,2-6H2,1H3. The van der Waals surface area contributed by atoms with E-state index in [0.717, 1.165) is 0 Å². The van der Waals surface area contributed by atoms with Crippen LogP contribution in [0.25, 0.3) is 0 Å². The summed E-state index contributed by atoms with van der Waals surface area (Å²) in [4.78, 5) is 0. The van der Waals surface area contributed by atoms with E-state index in [0.29, 0.717) is 19.6 Å². The van der Waals surface area contributed by atoms with Crippen LogP contribution in [0.5, 0.6) is 0 Å². The van der Waals surface area contributed by atoms with Crippen molar-refractivity contribution in [3.63, 3.8) is 0 Å². The third-order valence-corrected chi connectivity index (χ3v) is 2.29. The minimum Gasteiger partial charge on any atom is -0.396 e. The molecule has 0 radical (unpaired) electrons. The van der Waals surface area contributed by atoms with Crippen LogP contribution in [0.2, 0.25) is 0 Å². The van der Waals surface area contributed by atoms with Gasteiger partial charge < -0.3 is 24.4 Å². The molecule has 0 aromatic rings. The molecule has 0 aliphatic carbocycles.